The van der Waals surface area contributed by atoms with Gasteiger partial charge in [0, 0.05) is 0 Å². The maximum absolute atomic E-state index is 11.1. The average molecular weight is 187 g/mol. The topological polar surface area (TPSA) is 55.4 Å². The van der Waals surface area contributed by atoms with E-state index in [0.29, 0.717) is 6.42 Å². The molecule has 0 fully saturated rings. The van der Waals surface area contributed by atoms with Crippen LogP contribution in [0.2, 0.25) is 0 Å². The summed E-state index contributed by atoms with van der Waals surface area (Å²) in [6, 6.07) is 0. The Labute approximate surface area is 78.2 Å². The lowest BCUT2D eigenvalue weighted by Gasteiger charge is -2.05. The first-order valence-electron chi connectivity index (χ1n) is 4.37. The predicted molar refractivity (Wildman–Crippen MR) is 46.3 cm³/mol. The molecule has 0 bridgehead atoms. The standard InChI is InChI=1S/C9H15O4/c1-4-7(8(10)12-5-2)9(11)13-6-3/h4-6H2,1-3H3. The minimum atomic E-state index is -0.580. The summed E-state index contributed by atoms with van der Waals surface area (Å²) in [7, 11) is 0. The molecule has 0 heterocycles. The summed E-state index contributed by atoms with van der Waals surface area (Å²) < 4.78 is 9.37. The number of hydrogen-bond donors (Lipinski definition) is 0. The highest BCUT2D eigenvalue weighted by Crippen LogP contribution is 2.10. The Morgan fingerprint density at radius 1 is 1.08 bits per heavy atom. The molecule has 0 aromatic carbocycles. The third-order valence-electron chi connectivity index (χ3n) is 1.40. The van der Waals surface area contributed by atoms with Crippen LogP contribution in [0.15, 0.2) is 11.5 Å². The smallest absolute Gasteiger partial charge is 0.341 e. The zero-order valence-electron chi connectivity index (χ0n) is 8.25. The van der Waals surface area contributed by atoms with Crippen molar-refractivity contribution in [3.05, 3.63) is 11.5 Å². The molecule has 0 amide bonds. The molecule has 0 aliphatic rings. The van der Waals surface area contributed by atoms with Crippen LogP contribution < -0.4 is 0 Å². The van der Waals surface area contributed by atoms with Crippen molar-refractivity contribution in [2.75, 3.05) is 13.2 Å². The predicted octanol–water partition coefficient (Wildman–Crippen LogP) is 1.64. The van der Waals surface area contributed by atoms with Gasteiger partial charge < -0.3 is 9.47 Å². The van der Waals surface area contributed by atoms with Crippen LogP contribution in [0.4, 0.5) is 0 Å². The van der Waals surface area contributed by atoms with E-state index in [1.807, 2.05) is 0 Å². The van der Waals surface area contributed by atoms with Crippen LogP contribution in [-0.4, -0.2) is 19.2 Å². The lowest BCUT2D eigenvalue weighted by molar-refractivity contribution is -0.139. The van der Waals surface area contributed by atoms with Crippen LogP contribution >= 0.6 is 0 Å². The molecule has 4 heteroatoms. The van der Waals surface area contributed by atoms with E-state index in [-0.39, 0.29) is 18.8 Å². The number of hydrogen-bond acceptors (Lipinski definition) is 3. The maximum Gasteiger partial charge on any atom is 0.341 e. The quantitative estimate of drug-likeness (QED) is 0.373. The third kappa shape index (κ3) is 3.83. The van der Waals surface area contributed by atoms with E-state index in [0.717, 1.165) is 0 Å². The van der Waals surface area contributed by atoms with Crippen molar-refractivity contribution in [2.24, 2.45) is 0 Å². The second kappa shape index (κ2) is 6.34. The molecule has 0 aliphatic heterocycles. The zero-order chi connectivity index (χ0) is 10.3. The third-order valence-corrected chi connectivity index (χ3v) is 1.40. The van der Waals surface area contributed by atoms with Gasteiger partial charge in [-0.3, -0.25) is 0 Å². The lowest BCUT2D eigenvalue weighted by Crippen LogP contribution is -2.10. The van der Waals surface area contributed by atoms with Crippen molar-refractivity contribution >= 4 is 5.97 Å². The first kappa shape index (κ1) is 11.8. The summed E-state index contributed by atoms with van der Waals surface area (Å²) in [5, 5.41) is 11.1. The summed E-state index contributed by atoms with van der Waals surface area (Å²) in [5.41, 5.74) is 0.0729. The van der Waals surface area contributed by atoms with Gasteiger partial charge in [0.2, 0.25) is 0 Å². The van der Waals surface area contributed by atoms with Crippen LogP contribution in [0, 0.1) is 0 Å². The molecule has 1 radical (unpaired) electrons. The van der Waals surface area contributed by atoms with Gasteiger partial charge in [-0.15, -0.1) is 0 Å². The molecule has 0 unspecified atom stereocenters. The molecule has 0 N–H and O–H groups in total. The van der Waals surface area contributed by atoms with E-state index in [9.17, 15) is 9.90 Å². The maximum atomic E-state index is 11.1. The number of esters is 1. The van der Waals surface area contributed by atoms with E-state index in [1.165, 1.54) is 0 Å². The second-order valence-corrected chi connectivity index (χ2v) is 2.27. The highest BCUT2D eigenvalue weighted by atomic mass is 16.6. The minimum absolute atomic E-state index is 0.0729. The molecular weight excluding hydrogens is 172 g/mol. The first-order chi connectivity index (χ1) is 6.17. The average Bonchev–Trinajstić information content (AvgIpc) is 2.06. The van der Waals surface area contributed by atoms with E-state index >= 15 is 0 Å². The fourth-order valence-electron chi connectivity index (χ4n) is 0.808. The fraction of sp³-hybridized carbons (Fsp3) is 0.667. The van der Waals surface area contributed by atoms with Crippen LogP contribution in [0.5, 0.6) is 0 Å². The summed E-state index contributed by atoms with van der Waals surface area (Å²) in [6.07, 6.45) is 0.331. The Bertz CT molecular complexity index is 196. The van der Waals surface area contributed by atoms with Crippen molar-refractivity contribution < 1.29 is 19.4 Å². The van der Waals surface area contributed by atoms with Crippen molar-refractivity contribution in [2.45, 2.75) is 27.2 Å². The highest BCUT2D eigenvalue weighted by Gasteiger charge is 2.16. The number of carbonyl (C=O) groups excluding carboxylic acids is 1. The molecule has 0 aliphatic carbocycles. The molecule has 0 aromatic heterocycles. The molecular formula is C9H15O4. The minimum Gasteiger partial charge on any atom is -0.462 e. The van der Waals surface area contributed by atoms with Gasteiger partial charge in [0.1, 0.15) is 5.57 Å². The van der Waals surface area contributed by atoms with Crippen LogP contribution in [0.25, 0.3) is 0 Å². The molecule has 0 atom stereocenters. The summed E-state index contributed by atoms with van der Waals surface area (Å²) in [5.74, 6) is -1.16. The number of carbonyl (C=O) groups is 1. The lowest BCUT2D eigenvalue weighted by atomic mass is 10.2. The molecule has 4 nitrogen and oxygen atoms in total. The van der Waals surface area contributed by atoms with Gasteiger partial charge in [-0.05, 0) is 20.3 Å². The van der Waals surface area contributed by atoms with E-state index < -0.39 is 11.9 Å². The van der Waals surface area contributed by atoms with E-state index in [1.54, 1.807) is 20.8 Å². The fourth-order valence-corrected chi connectivity index (χ4v) is 0.808. The van der Waals surface area contributed by atoms with Crippen LogP contribution in [0.3, 0.4) is 0 Å². The Morgan fingerprint density at radius 2 is 1.62 bits per heavy atom. The molecule has 0 saturated heterocycles. The summed E-state index contributed by atoms with van der Waals surface area (Å²) >= 11 is 0. The second-order valence-electron chi connectivity index (χ2n) is 2.27. The largest absolute Gasteiger partial charge is 0.462 e. The molecule has 0 aromatic rings. The molecule has 0 spiro atoms. The van der Waals surface area contributed by atoms with Gasteiger partial charge in [-0.1, -0.05) is 6.92 Å². The van der Waals surface area contributed by atoms with Gasteiger partial charge >= 0.3 is 11.9 Å². The molecule has 0 saturated carbocycles. The Balaban J connectivity index is 4.46. The van der Waals surface area contributed by atoms with E-state index in [2.05, 4.69) is 9.47 Å². The monoisotopic (exact) mass is 187 g/mol. The summed E-state index contributed by atoms with van der Waals surface area (Å²) in [4.78, 5) is 11.1. The van der Waals surface area contributed by atoms with Crippen molar-refractivity contribution in [1.82, 2.24) is 0 Å². The highest BCUT2D eigenvalue weighted by molar-refractivity contribution is 5.88. The van der Waals surface area contributed by atoms with Crippen molar-refractivity contribution in [3.63, 3.8) is 0 Å². The van der Waals surface area contributed by atoms with E-state index in [4.69, 9.17) is 0 Å². The number of ether oxygens (including phenoxy) is 2. The SMILES string of the molecule is CCOC(=O)C(CC)=C([O])OCC. The van der Waals surface area contributed by atoms with Gasteiger partial charge in [0.25, 0.3) is 0 Å². The number of rotatable bonds is 5. The first-order valence-corrected chi connectivity index (χ1v) is 4.37. The van der Waals surface area contributed by atoms with Gasteiger partial charge in [-0.2, -0.15) is 0 Å². The summed E-state index contributed by atoms with van der Waals surface area (Å²) in [6.45, 7) is 5.62. The van der Waals surface area contributed by atoms with Gasteiger partial charge in [-0.25, -0.2) is 9.90 Å². The van der Waals surface area contributed by atoms with Gasteiger partial charge in [0.05, 0.1) is 13.2 Å². The zero-order valence-corrected chi connectivity index (χ0v) is 8.25. The van der Waals surface area contributed by atoms with Crippen molar-refractivity contribution in [3.8, 4) is 0 Å². The van der Waals surface area contributed by atoms with Crippen LogP contribution in [0.1, 0.15) is 27.2 Å². The molecule has 13 heavy (non-hydrogen) atoms. The van der Waals surface area contributed by atoms with Gasteiger partial charge in [0.15, 0.2) is 0 Å². The Hall–Kier alpha value is -1.19. The normalized spacial score (nSPS) is 11.9. The van der Waals surface area contributed by atoms with Crippen molar-refractivity contribution in [1.29, 1.82) is 0 Å². The Kier molecular flexibility index (Phi) is 5.76. The van der Waals surface area contributed by atoms with Crippen LogP contribution in [-0.2, 0) is 19.4 Å². The Morgan fingerprint density at radius 3 is 2.00 bits per heavy atom. The molecule has 0 rings (SSSR count). The molecule has 75 valence electrons.